The maximum absolute atomic E-state index is 13.2. The van der Waals surface area contributed by atoms with Gasteiger partial charge >= 0.3 is 5.97 Å². The number of ketones is 2. The van der Waals surface area contributed by atoms with Crippen molar-refractivity contribution in [1.82, 2.24) is 0 Å². The van der Waals surface area contributed by atoms with Crippen molar-refractivity contribution in [2.45, 2.75) is 75.0 Å². The van der Waals surface area contributed by atoms with Crippen LogP contribution >= 0.6 is 15.9 Å². The fraction of sp³-hybridized carbons (Fsp3) is 0.680. The molecule has 0 amide bonds. The van der Waals surface area contributed by atoms with Crippen LogP contribution in [0.5, 0.6) is 0 Å². The van der Waals surface area contributed by atoms with Crippen LogP contribution in [0.2, 0.25) is 0 Å². The summed E-state index contributed by atoms with van der Waals surface area (Å²) in [7, 11) is 0. The number of fused-ring (bicyclic) bond motifs is 5. The molecular weight excluding hydrogens is 508 g/mol. The van der Waals surface area contributed by atoms with E-state index in [9.17, 15) is 29.4 Å². The summed E-state index contributed by atoms with van der Waals surface area (Å²) in [6.45, 7) is 5.07. The average molecular weight is 539 g/mol. The van der Waals surface area contributed by atoms with E-state index in [1.165, 1.54) is 6.08 Å². The molecular formula is C25H31BrO8. The molecule has 0 aliphatic heterocycles. The molecule has 0 aromatic heterocycles. The number of carbonyl (C=O) groups is 4. The van der Waals surface area contributed by atoms with Crippen LogP contribution in [-0.4, -0.2) is 63.0 Å². The number of ether oxygens (including phenoxy) is 2. The van der Waals surface area contributed by atoms with E-state index in [1.54, 1.807) is 19.9 Å². The lowest BCUT2D eigenvalue weighted by molar-refractivity contribution is -0.191. The van der Waals surface area contributed by atoms with E-state index in [-0.39, 0.29) is 36.9 Å². The summed E-state index contributed by atoms with van der Waals surface area (Å²) in [6.07, 6.45) is 4.48. The van der Waals surface area contributed by atoms with Gasteiger partial charge in [-0.3, -0.25) is 19.2 Å². The summed E-state index contributed by atoms with van der Waals surface area (Å²) in [4.78, 5) is 48.5. The van der Waals surface area contributed by atoms with Crippen molar-refractivity contribution in [3.8, 4) is 0 Å². The number of esters is 1. The number of Topliss-reactive ketones (excluding diaryl/α,β-unsaturated/α-hetero) is 1. The number of halogens is 1. The molecule has 3 fully saturated rings. The molecule has 4 rings (SSSR count). The smallest absolute Gasteiger partial charge is 0.305 e. The van der Waals surface area contributed by atoms with Crippen LogP contribution < -0.4 is 0 Å². The Labute approximate surface area is 206 Å². The van der Waals surface area contributed by atoms with Crippen LogP contribution in [-0.2, 0) is 28.7 Å². The second kappa shape index (κ2) is 8.38. The number of hydrogen-bond acceptors (Lipinski definition) is 8. The summed E-state index contributed by atoms with van der Waals surface area (Å²) in [6, 6.07) is 0. The zero-order valence-electron chi connectivity index (χ0n) is 19.6. The average Bonchev–Trinajstić information content (AvgIpc) is 3.00. The topological polar surface area (TPSA) is 127 Å². The number of rotatable bonds is 6. The van der Waals surface area contributed by atoms with Gasteiger partial charge in [-0.2, -0.15) is 0 Å². The molecule has 1 unspecified atom stereocenters. The van der Waals surface area contributed by atoms with Crippen molar-refractivity contribution in [2.75, 3.05) is 6.61 Å². The molecule has 4 aliphatic rings. The minimum Gasteiger partial charge on any atom is -0.463 e. The predicted octanol–water partition coefficient (Wildman–Crippen LogP) is 2.19. The first kappa shape index (κ1) is 25.3. The molecule has 0 spiro atoms. The molecule has 0 aromatic carbocycles. The van der Waals surface area contributed by atoms with Gasteiger partial charge < -0.3 is 19.7 Å². The Hall–Kier alpha value is -1.84. The fourth-order valence-electron chi connectivity index (χ4n) is 7.26. The van der Waals surface area contributed by atoms with Crippen LogP contribution in [0.4, 0.5) is 0 Å². The van der Waals surface area contributed by atoms with Crippen LogP contribution in [0.1, 0.15) is 52.9 Å². The molecule has 186 valence electrons. The lowest BCUT2D eigenvalue weighted by Gasteiger charge is -2.64. The molecule has 2 N–H and O–H groups in total. The number of aliphatic hydroxyl groups is 2. The molecule has 0 aromatic rings. The van der Waals surface area contributed by atoms with E-state index < -0.39 is 51.3 Å². The number of carbonyl (C=O) groups excluding carboxylic acids is 4. The molecule has 8 nitrogen and oxygen atoms in total. The highest BCUT2D eigenvalue weighted by Gasteiger charge is 2.75. The first-order valence-corrected chi connectivity index (χ1v) is 12.5. The zero-order valence-corrected chi connectivity index (χ0v) is 21.2. The summed E-state index contributed by atoms with van der Waals surface area (Å²) in [5, 5.41) is 22.8. The van der Waals surface area contributed by atoms with Crippen LogP contribution in [0.3, 0.4) is 0 Å². The third kappa shape index (κ3) is 3.15. The highest BCUT2D eigenvalue weighted by Crippen LogP contribution is 2.71. The van der Waals surface area contributed by atoms with Crippen molar-refractivity contribution < 1.29 is 38.9 Å². The summed E-state index contributed by atoms with van der Waals surface area (Å²) in [5.41, 5.74) is -3.01. The third-order valence-corrected chi connectivity index (χ3v) is 11.1. The SMILES string of the molecule is CCC(=O)OCC(=O)[C@@]1(O)C(O)C[C@H]2[C@@H]3CCC4=CC(=O)C=C[C@]4(C)[C@@]3(Br)[C@H](OC=O)C[C@@]21C. The molecule has 9 heteroatoms. The van der Waals surface area contributed by atoms with E-state index >= 15 is 0 Å². The molecule has 8 atom stereocenters. The van der Waals surface area contributed by atoms with Gasteiger partial charge in [-0.25, -0.2) is 0 Å². The lowest BCUT2D eigenvalue weighted by Crippen LogP contribution is -2.69. The van der Waals surface area contributed by atoms with Gasteiger partial charge in [0, 0.05) is 17.3 Å². The van der Waals surface area contributed by atoms with E-state index in [1.807, 2.05) is 13.0 Å². The zero-order chi connectivity index (χ0) is 25.1. The van der Waals surface area contributed by atoms with Gasteiger partial charge in [0.1, 0.15) is 6.10 Å². The van der Waals surface area contributed by atoms with Crippen molar-refractivity contribution in [2.24, 2.45) is 22.7 Å². The van der Waals surface area contributed by atoms with Crippen LogP contribution in [0.25, 0.3) is 0 Å². The molecule has 0 saturated heterocycles. The molecule has 0 heterocycles. The highest BCUT2D eigenvalue weighted by atomic mass is 79.9. The number of aliphatic hydroxyl groups excluding tert-OH is 1. The molecule has 34 heavy (non-hydrogen) atoms. The lowest BCUT2D eigenvalue weighted by atomic mass is 9.46. The van der Waals surface area contributed by atoms with Crippen molar-refractivity contribution in [3.05, 3.63) is 23.8 Å². The Morgan fingerprint density at radius 2 is 2.00 bits per heavy atom. The highest BCUT2D eigenvalue weighted by molar-refractivity contribution is 9.10. The van der Waals surface area contributed by atoms with Crippen LogP contribution in [0, 0.1) is 22.7 Å². The largest absolute Gasteiger partial charge is 0.463 e. The maximum Gasteiger partial charge on any atom is 0.305 e. The molecule has 0 bridgehead atoms. The second-order valence-electron chi connectivity index (χ2n) is 10.4. The van der Waals surface area contributed by atoms with Crippen LogP contribution in [0.15, 0.2) is 23.8 Å². The van der Waals surface area contributed by atoms with Gasteiger partial charge in [-0.15, -0.1) is 0 Å². The van der Waals surface area contributed by atoms with Gasteiger partial charge in [0.05, 0.1) is 10.4 Å². The monoisotopic (exact) mass is 538 g/mol. The molecule has 3 saturated carbocycles. The number of allylic oxidation sites excluding steroid dienone is 4. The molecule has 0 radical (unpaired) electrons. The van der Waals surface area contributed by atoms with E-state index in [0.29, 0.717) is 19.3 Å². The Bertz CT molecular complexity index is 989. The van der Waals surface area contributed by atoms with Gasteiger partial charge in [0.25, 0.3) is 6.47 Å². The molecule has 4 aliphatic carbocycles. The van der Waals surface area contributed by atoms with Gasteiger partial charge in [0.15, 0.2) is 18.0 Å². The Morgan fingerprint density at radius 3 is 2.65 bits per heavy atom. The number of alkyl halides is 1. The van der Waals surface area contributed by atoms with E-state index in [4.69, 9.17) is 9.47 Å². The summed E-state index contributed by atoms with van der Waals surface area (Å²) in [5.74, 6) is -1.91. The van der Waals surface area contributed by atoms with Crippen molar-refractivity contribution in [1.29, 1.82) is 0 Å². The Morgan fingerprint density at radius 1 is 1.29 bits per heavy atom. The minimum atomic E-state index is -2.17. The number of hydrogen-bond donors (Lipinski definition) is 2. The summed E-state index contributed by atoms with van der Waals surface area (Å²) < 4.78 is 9.82. The van der Waals surface area contributed by atoms with Gasteiger partial charge in [-0.1, -0.05) is 48.4 Å². The minimum absolute atomic E-state index is 0.0854. The fourth-order valence-corrected chi connectivity index (χ4v) is 8.47. The maximum atomic E-state index is 13.2. The van der Waals surface area contributed by atoms with Gasteiger partial charge in [0.2, 0.25) is 5.78 Å². The van der Waals surface area contributed by atoms with E-state index in [2.05, 4.69) is 15.9 Å². The normalized spacial score (nSPS) is 44.9. The standard InChI is InChI=1S/C25H31BrO8/c1-4-21(31)33-12-19(30)25(32)18(29)10-17-16-6-5-14-9-15(28)7-8-22(14,2)24(16,26)20(34-13-27)11-23(17,25)3/h7-9,13,16-18,20,29,32H,4-6,10-12H2,1-3H3/t16-,17-,18?,20+,22-,23-,24-,25-/m0/s1. The first-order valence-electron chi connectivity index (χ1n) is 11.7. The summed E-state index contributed by atoms with van der Waals surface area (Å²) >= 11 is 3.97. The Kier molecular flexibility index (Phi) is 6.23. The van der Waals surface area contributed by atoms with Gasteiger partial charge in [-0.05, 0) is 49.7 Å². The van der Waals surface area contributed by atoms with E-state index in [0.717, 1.165) is 5.57 Å². The van der Waals surface area contributed by atoms with Crippen molar-refractivity contribution >= 4 is 39.9 Å². The predicted molar refractivity (Wildman–Crippen MR) is 124 cm³/mol. The van der Waals surface area contributed by atoms with Crippen molar-refractivity contribution in [3.63, 3.8) is 0 Å². The second-order valence-corrected chi connectivity index (χ2v) is 11.7. The first-order chi connectivity index (χ1) is 15.9. The quantitative estimate of drug-likeness (QED) is 0.299. The Balaban J connectivity index is 1.78. The third-order valence-electron chi connectivity index (χ3n) is 9.13.